The van der Waals surface area contributed by atoms with Crippen LogP contribution in [0.3, 0.4) is 0 Å². The van der Waals surface area contributed by atoms with Crippen LogP contribution in [0, 0.1) is 0 Å². The van der Waals surface area contributed by atoms with Gasteiger partial charge in [0.25, 0.3) is 5.91 Å². The van der Waals surface area contributed by atoms with Crippen LogP contribution in [-0.4, -0.2) is 44.0 Å². The van der Waals surface area contributed by atoms with Crippen LogP contribution in [-0.2, 0) is 4.79 Å². The first-order valence-corrected chi connectivity index (χ1v) is 7.48. The molecule has 1 aromatic rings. The molecule has 1 aliphatic rings. The molecule has 7 heteroatoms. The molecule has 1 fully saturated rings. The molecule has 108 valence electrons. The van der Waals surface area contributed by atoms with Crippen molar-refractivity contribution in [1.82, 2.24) is 9.88 Å². The van der Waals surface area contributed by atoms with Crippen LogP contribution in [0.1, 0.15) is 30.3 Å². The lowest BCUT2D eigenvalue weighted by molar-refractivity contribution is -0.141. The van der Waals surface area contributed by atoms with E-state index in [1.807, 2.05) is 6.92 Å². The zero-order valence-electron chi connectivity index (χ0n) is 11.2. The minimum Gasteiger partial charge on any atom is -0.480 e. The predicted octanol–water partition coefficient (Wildman–Crippen LogP) is 1.43. The quantitative estimate of drug-likeness (QED) is 0.872. The van der Waals surface area contributed by atoms with Crippen LogP contribution < -0.4 is 5.73 Å². The second kappa shape index (κ2) is 6.13. The van der Waals surface area contributed by atoms with Crippen LogP contribution in [0.2, 0.25) is 0 Å². The lowest BCUT2D eigenvalue weighted by Gasteiger charge is -2.27. The lowest BCUT2D eigenvalue weighted by Crippen LogP contribution is -2.46. The monoisotopic (exact) mass is 295 g/mol. The fourth-order valence-electron chi connectivity index (χ4n) is 2.21. The van der Waals surface area contributed by atoms with Gasteiger partial charge in [-0.05, 0) is 18.6 Å². The molecule has 0 saturated carbocycles. The highest BCUT2D eigenvalue weighted by atomic mass is 32.2. The Morgan fingerprint density at radius 1 is 1.60 bits per heavy atom. The molecule has 0 bridgehead atoms. The summed E-state index contributed by atoms with van der Waals surface area (Å²) in [6.07, 6.45) is 3.12. The van der Waals surface area contributed by atoms with Crippen molar-refractivity contribution in [2.24, 2.45) is 0 Å². The Kier molecular flexibility index (Phi) is 4.49. The number of nitrogen functional groups attached to an aromatic ring is 1. The van der Waals surface area contributed by atoms with E-state index < -0.39 is 17.9 Å². The van der Waals surface area contributed by atoms with Gasteiger partial charge in [0.2, 0.25) is 0 Å². The molecule has 0 aliphatic carbocycles. The Morgan fingerprint density at radius 2 is 2.35 bits per heavy atom. The van der Waals surface area contributed by atoms with Gasteiger partial charge in [0, 0.05) is 11.9 Å². The van der Waals surface area contributed by atoms with Crippen molar-refractivity contribution in [3.63, 3.8) is 0 Å². The summed E-state index contributed by atoms with van der Waals surface area (Å²) in [4.78, 5) is 29.3. The van der Waals surface area contributed by atoms with Crippen LogP contribution in [0.15, 0.2) is 18.3 Å². The second-order valence-corrected chi connectivity index (χ2v) is 5.80. The van der Waals surface area contributed by atoms with Gasteiger partial charge in [-0.1, -0.05) is 13.3 Å². The Morgan fingerprint density at radius 3 is 2.95 bits per heavy atom. The minimum absolute atomic E-state index is 0.127. The summed E-state index contributed by atoms with van der Waals surface area (Å²) < 4.78 is 0. The number of anilines is 1. The highest BCUT2D eigenvalue weighted by Gasteiger charge is 2.42. The van der Waals surface area contributed by atoms with E-state index in [0.29, 0.717) is 5.75 Å². The van der Waals surface area contributed by atoms with Gasteiger partial charge in [-0.25, -0.2) is 9.78 Å². The average Bonchev–Trinajstić information content (AvgIpc) is 2.83. The smallest absolute Gasteiger partial charge is 0.327 e. The van der Waals surface area contributed by atoms with E-state index in [0.717, 1.165) is 12.8 Å². The molecule has 2 unspecified atom stereocenters. The summed E-state index contributed by atoms with van der Waals surface area (Å²) in [6, 6.07) is 2.42. The van der Waals surface area contributed by atoms with Gasteiger partial charge in [-0.3, -0.25) is 4.79 Å². The Labute approximate surface area is 121 Å². The van der Waals surface area contributed by atoms with E-state index in [1.54, 1.807) is 12.1 Å². The summed E-state index contributed by atoms with van der Waals surface area (Å²) in [5.41, 5.74) is 6.17. The summed E-state index contributed by atoms with van der Waals surface area (Å²) in [5, 5.41) is 9.15. The van der Waals surface area contributed by atoms with Crippen LogP contribution >= 0.6 is 11.8 Å². The molecule has 6 nitrogen and oxygen atoms in total. The van der Waals surface area contributed by atoms with Crippen molar-refractivity contribution >= 4 is 29.3 Å². The number of amides is 1. The van der Waals surface area contributed by atoms with Gasteiger partial charge in [0.1, 0.15) is 6.04 Å². The first kappa shape index (κ1) is 14.6. The highest BCUT2D eigenvalue weighted by molar-refractivity contribution is 8.00. The number of pyridine rings is 1. The van der Waals surface area contributed by atoms with Crippen LogP contribution in [0.25, 0.3) is 0 Å². The molecule has 0 aromatic carbocycles. The average molecular weight is 295 g/mol. The van der Waals surface area contributed by atoms with Gasteiger partial charge in [-0.15, -0.1) is 11.8 Å². The van der Waals surface area contributed by atoms with E-state index in [4.69, 9.17) is 5.73 Å². The fraction of sp³-hybridized carbons (Fsp3) is 0.462. The number of carboxylic acid groups (broad SMARTS) is 1. The second-order valence-electron chi connectivity index (χ2n) is 4.58. The van der Waals surface area contributed by atoms with Crippen molar-refractivity contribution in [3.8, 4) is 0 Å². The number of nitrogens with two attached hydrogens (primary N) is 1. The fourth-order valence-corrected chi connectivity index (χ4v) is 3.73. The largest absolute Gasteiger partial charge is 0.480 e. The number of hydrogen-bond acceptors (Lipinski definition) is 5. The molecule has 20 heavy (non-hydrogen) atoms. The molecule has 1 saturated heterocycles. The van der Waals surface area contributed by atoms with Gasteiger partial charge in [-0.2, -0.15) is 0 Å². The molecule has 1 amide bonds. The van der Waals surface area contributed by atoms with E-state index in [-0.39, 0.29) is 16.8 Å². The maximum absolute atomic E-state index is 12.6. The normalized spacial score (nSPS) is 21.9. The van der Waals surface area contributed by atoms with Crippen LogP contribution in [0.5, 0.6) is 0 Å². The van der Waals surface area contributed by atoms with E-state index in [1.165, 1.54) is 22.9 Å². The highest BCUT2D eigenvalue weighted by Crippen LogP contribution is 2.33. The maximum atomic E-state index is 12.6. The zero-order valence-corrected chi connectivity index (χ0v) is 12.0. The molecule has 2 atom stereocenters. The van der Waals surface area contributed by atoms with Gasteiger partial charge < -0.3 is 15.7 Å². The minimum atomic E-state index is -0.987. The first-order valence-electron chi connectivity index (χ1n) is 6.43. The number of hydrogen-bond donors (Lipinski definition) is 2. The van der Waals surface area contributed by atoms with Crippen molar-refractivity contribution in [2.75, 3.05) is 11.5 Å². The molecule has 0 radical (unpaired) electrons. The van der Waals surface area contributed by atoms with Gasteiger partial charge >= 0.3 is 5.97 Å². The Hall–Kier alpha value is -1.76. The van der Waals surface area contributed by atoms with Crippen molar-refractivity contribution in [3.05, 3.63) is 24.0 Å². The van der Waals surface area contributed by atoms with Gasteiger partial charge in [0.15, 0.2) is 5.69 Å². The number of carboxylic acids is 1. The SMILES string of the molecule is CCCC1SCC(C(=O)O)N1C(=O)c1ncccc1N. The molecular formula is C13H17N3O3S. The third kappa shape index (κ3) is 2.72. The molecule has 2 rings (SSSR count). The first-order chi connectivity index (χ1) is 9.56. The standard InChI is InChI=1S/C13H17N3O3S/c1-2-4-10-16(9(7-20-10)13(18)19)12(17)11-8(14)5-3-6-15-11/h3,5-6,9-10H,2,4,7,14H2,1H3,(H,18,19). The Balaban J connectivity index is 2.32. The summed E-state index contributed by atoms with van der Waals surface area (Å²) >= 11 is 1.50. The number of nitrogens with zero attached hydrogens (tertiary/aromatic N) is 2. The summed E-state index contributed by atoms with van der Waals surface area (Å²) in [5.74, 6) is -0.990. The van der Waals surface area contributed by atoms with Crippen molar-refractivity contribution < 1.29 is 14.7 Å². The topological polar surface area (TPSA) is 96.5 Å². The van der Waals surface area contributed by atoms with E-state index in [2.05, 4.69) is 4.98 Å². The number of rotatable bonds is 4. The summed E-state index contributed by atoms with van der Waals surface area (Å²) in [6.45, 7) is 2.01. The third-order valence-corrected chi connectivity index (χ3v) is 4.55. The maximum Gasteiger partial charge on any atom is 0.327 e. The van der Waals surface area contributed by atoms with Crippen molar-refractivity contribution in [2.45, 2.75) is 31.2 Å². The molecule has 1 aromatic heterocycles. The number of aliphatic carboxylic acids is 1. The van der Waals surface area contributed by atoms with Crippen molar-refractivity contribution in [1.29, 1.82) is 0 Å². The number of thioether (sulfide) groups is 1. The predicted molar refractivity (Wildman–Crippen MR) is 77.4 cm³/mol. The molecular weight excluding hydrogens is 278 g/mol. The Bertz CT molecular complexity index is 523. The molecule has 1 aliphatic heterocycles. The number of aromatic nitrogens is 1. The van der Waals surface area contributed by atoms with Gasteiger partial charge in [0.05, 0.1) is 11.1 Å². The number of carbonyl (C=O) groups is 2. The summed E-state index contributed by atoms with van der Waals surface area (Å²) in [7, 11) is 0. The van der Waals surface area contributed by atoms with E-state index in [9.17, 15) is 14.7 Å². The van der Waals surface area contributed by atoms with Crippen LogP contribution in [0.4, 0.5) is 5.69 Å². The van der Waals surface area contributed by atoms with E-state index >= 15 is 0 Å². The number of carbonyl (C=O) groups excluding carboxylic acids is 1. The zero-order chi connectivity index (χ0) is 14.7. The third-order valence-electron chi connectivity index (χ3n) is 3.19. The lowest BCUT2D eigenvalue weighted by atomic mass is 10.2. The molecule has 3 N–H and O–H groups in total. The molecule has 2 heterocycles. The molecule has 0 spiro atoms.